The minimum Gasteiger partial charge on any atom is -0.497 e. The summed E-state index contributed by atoms with van der Waals surface area (Å²) < 4.78 is 24.5. The van der Waals surface area contributed by atoms with E-state index in [1.807, 2.05) is 38.1 Å². The molecule has 8 heteroatoms. The number of carbonyl (C=O) groups is 2. The molecule has 3 aromatic rings. The molecule has 2 N–H and O–H groups in total. The third kappa shape index (κ3) is 5.71. The fraction of sp³-hybridized carbons (Fsp3) is 0.280. The van der Waals surface area contributed by atoms with E-state index in [1.165, 1.54) is 12.1 Å². The van der Waals surface area contributed by atoms with Gasteiger partial charge in [0.15, 0.2) is 0 Å². The standard InChI is InChI=1S/C25H28FN3O4/c1-5-33-24(30)23-16(2)20(17(3)27-23)15-29(14-18-10-12-19(32-4)13-11-18)25(31)28-22-9-7-6-8-21(22)26/h6-13,27H,5,14-15H2,1-4H3,(H,28,31). The van der Waals surface area contributed by atoms with Crippen molar-refractivity contribution < 1.29 is 23.5 Å². The van der Waals surface area contributed by atoms with Crippen LogP contribution in [0.5, 0.6) is 5.75 Å². The number of esters is 1. The highest BCUT2D eigenvalue weighted by atomic mass is 19.1. The summed E-state index contributed by atoms with van der Waals surface area (Å²) in [6.07, 6.45) is 0. The average Bonchev–Trinajstić information content (AvgIpc) is 3.09. The number of aryl methyl sites for hydroxylation is 1. The van der Waals surface area contributed by atoms with Crippen LogP contribution in [0.15, 0.2) is 48.5 Å². The van der Waals surface area contributed by atoms with Gasteiger partial charge >= 0.3 is 12.0 Å². The number of benzene rings is 2. The van der Waals surface area contributed by atoms with E-state index >= 15 is 0 Å². The highest BCUT2D eigenvalue weighted by Crippen LogP contribution is 2.23. The highest BCUT2D eigenvalue weighted by Gasteiger charge is 2.23. The van der Waals surface area contributed by atoms with E-state index in [1.54, 1.807) is 31.1 Å². The highest BCUT2D eigenvalue weighted by molar-refractivity contribution is 5.91. The number of carbonyl (C=O) groups excluding carboxylic acids is 2. The van der Waals surface area contributed by atoms with Crippen LogP contribution in [0, 0.1) is 19.7 Å². The first-order valence-corrected chi connectivity index (χ1v) is 10.6. The van der Waals surface area contributed by atoms with Crippen LogP contribution in [0.1, 0.15) is 39.8 Å². The predicted octanol–water partition coefficient (Wildman–Crippen LogP) is 5.19. The van der Waals surface area contributed by atoms with Gasteiger partial charge in [0, 0.05) is 18.8 Å². The molecule has 0 fully saturated rings. The van der Waals surface area contributed by atoms with Gasteiger partial charge in [0.05, 0.1) is 19.4 Å². The molecule has 7 nitrogen and oxygen atoms in total. The number of nitrogens with one attached hydrogen (secondary N) is 2. The van der Waals surface area contributed by atoms with Gasteiger partial charge in [-0.1, -0.05) is 24.3 Å². The molecular weight excluding hydrogens is 425 g/mol. The van der Waals surface area contributed by atoms with Crippen LogP contribution < -0.4 is 10.1 Å². The number of halogens is 1. The molecule has 0 saturated heterocycles. The lowest BCUT2D eigenvalue weighted by molar-refractivity contribution is 0.0519. The number of ether oxygens (including phenoxy) is 2. The Kier molecular flexibility index (Phi) is 7.71. The van der Waals surface area contributed by atoms with Crippen LogP contribution >= 0.6 is 0 Å². The van der Waals surface area contributed by atoms with E-state index in [-0.39, 0.29) is 25.4 Å². The Balaban J connectivity index is 1.90. The molecule has 1 heterocycles. The van der Waals surface area contributed by atoms with Crippen molar-refractivity contribution in [3.63, 3.8) is 0 Å². The van der Waals surface area contributed by atoms with Crippen LogP contribution in [0.25, 0.3) is 0 Å². The Hall–Kier alpha value is -3.81. The number of H-pyrrole nitrogens is 1. The van der Waals surface area contributed by atoms with E-state index in [0.717, 1.165) is 16.8 Å². The third-order valence-electron chi connectivity index (χ3n) is 5.36. The van der Waals surface area contributed by atoms with E-state index in [4.69, 9.17) is 9.47 Å². The lowest BCUT2D eigenvalue weighted by atomic mass is 10.1. The Labute approximate surface area is 192 Å². The van der Waals surface area contributed by atoms with Crippen LogP contribution in [0.2, 0.25) is 0 Å². The second-order valence-corrected chi connectivity index (χ2v) is 7.56. The van der Waals surface area contributed by atoms with Crippen molar-refractivity contribution in [3.05, 3.63) is 82.4 Å². The largest absolute Gasteiger partial charge is 0.497 e. The summed E-state index contributed by atoms with van der Waals surface area (Å²) in [5, 5.41) is 2.65. The molecule has 0 saturated carbocycles. The maximum absolute atomic E-state index is 14.1. The molecule has 2 aromatic carbocycles. The zero-order valence-electron chi connectivity index (χ0n) is 19.2. The number of hydrogen-bond donors (Lipinski definition) is 2. The number of amides is 2. The van der Waals surface area contributed by atoms with Crippen molar-refractivity contribution in [1.82, 2.24) is 9.88 Å². The minimum absolute atomic E-state index is 0.0944. The van der Waals surface area contributed by atoms with Crippen molar-refractivity contribution in [1.29, 1.82) is 0 Å². The summed E-state index contributed by atoms with van der Waals surface area (Å²) in [4.78, 5) is 30.1. The van der Waals surface area contributed by atoms with Crippen molar-refractivity contribution >= 4 is 17.7 Å². The molecule has 0 aliphatic rings. The molecule has 0 aliphatic carbocycles. The van der Waals surface area contributed by atoms with Crippen molar-refractivity contribution in [2.75, 3.05) is 19.0 Å². The summed E-state index contributed by atoms with van der Waals surface area (Å²) >= 11 is 0. The normalized spacial score (nSPS) is 10.6. The molecule has 0 unspecified atom stereocenters. The van der Waals surface area contributed by atoms with Gasteiger partial charge in [0.1, 0.15) is 17.3 Å². The number of aromatic amines is 1. The summed E-state index contributed by atoms with van der Waals surface area (Å²) in [5.41, 5.74) is 3.60. The van der Waals surface area contributed by atoms with Gasteiger partial charge in [-0.15, -0.1) is 0 Å². The van der Waals surface area contributed by atoms with Crippen LogP contribution in [0.3, 0.4) is 0 Å². The third-order valence-corrected chi connectivity index (χ3v) is 5.36. The van der Waals surface area contributed by atoms with Crippen molar-refractivity contribution in [2.24, 2.45) is 0 Å². The number of anilines is 1. The lowest BCUT2D eigenvalue weighted by Crippen LogP contribution is -2.34. The average molecular weight is 454 g/mol. The van der Waals surface area contributed by atoms with Crippen LogP contribution in [-0.4, -0.2) is 35.6 Å². The first-order valence-electron chi connectivity index (χ1n) is 10.6. The molecule has 3 rings (SSSR count). The maximum atomic E-state index is 14.1. The topological polar surface area (TPSA) is 83.7 Å². The van der Waals surface area contributed by atoms with Gasteiger partial charge < -0.3 is 24.7 Å². The van der Waals surface area contributed by atoms with E-state index in [2.05, 4.69) is 10.3 Å². The number of rotatable bonds is 8. The summed E-state index contributed by atoms with van der Waals surface area (Å²) in [7, 11) is 1.59. The molecule has 1 aromatic heterocycles. The van der Waals surface area contributed by atoms with Gasteiger partial charge in [-0.2, -0.15) is 0 Å². The van der Waals surface area contributed by atoms with Gasteiger partial charge in [0.25, 0.3) is 0 Å². The Morgan fingerprint density at radius 1 is 1.06 bits per heavy atom. The molecule has 174 valence electrons. The first-order chi connectivity index (χ1) is 15.8. The summed E-state index contributed by atoms with van der Waals surface area (Å²) in [5.74, 6) is -0.256. The number of para-hydroxylation sites is 1. The molecular formula is C25H28FN3O4. The van der Waals surface area contributed by atoms with Gasteiger partial charge in [-0.3, -0.25) is 0 Å². The quantitative estimate of drug-likeness (QED) is 0.460. The van der Waals surface area contributed by atoms with Crippen molar-refractivity contribution in [2.45, 2.75) is 33.9 Å². The molecule has 2 amide bonds. The van der Waals surface area contributed by atoms with Crippen LogP contribution in [-0.2, 0) is 17.8 Å². The second-order valence-electron chi connectivity index (χ2n) is 7.56. The number of methoxy groups -OCH3 is 1. The minimum atomic E-state index is -0.520. The van der Waals surface area contributed by atoms with Gasteiger partial charge in [-0.25, -0.2) is 14.0 Å². The smallest absolute Gasteiger partial charge is 0.355 e. The Morgan fingerprint density at radius 2 is 1.76 bits per heavy atom. The zero-order valence-corrected chi connectivity index (χ0v) is 19.2. The number of urea groups is 1. The second kappa shape index (κ2) is 10.7. The van der Waals surface area contributed by atoms with E-state index in [9.17, 15) is 14.0 Å². The monoisotopic (exact) mass is 453 g/mol. The number of aromatic nitrogens is 1. The molecule has 0 bridgehead atoms. The summed E-state index contributed by atoms with van der Waals surface area (Å²) in [6.45, 7) is 6.13. The predicted molar refractivity (Wildman–Crippen MR) is 124 cm³/mol. The van der Waals surface area contributed by atoms with Gasteiger partial charge in [0.2, 0.25) is 0 Å². The summed E-state index contributed by atoms with van der Waals surface area (Å²) in [6, 6.07) is 12.9. The molecule has 33 heavy (non-hydrogen) atoms. The lowest BCUT2D eigenvalue weighted by Gasteiger charge is -2.24. The van der Waals surface area contributed by atoms with E-state index in [0.29, 0.717) is 17.0 Å². The zero-order chi connectivity index (χ0) is 24.0. The maximum Gasteiger partial charge on any atom is 0.355 e. The fourth-order valence-electron chi connectivity index (χ4n) is 3.53. The molecule has 0 spiro atoms. The Bertz CT molecular complexity index is 1130. The number of nitrogens with zero attached hydrogens (tertiary/aromatic N) is 1. The van der Waals surface area contributed by atoms with Gasteiger partial charge in [-0.05, 0) is 61.7 Å². The van der Waals surface area contributed by atoms with Crippen molar-refractivity contribution in [3.8, 4) is 5.75 Å². The fourth-order valence-corrected chi connectivity index (χ4v) is 3.53. The number of hydrogen-bond acceptors (Lipinski definition) is 4. The Morgan fingerprint density at radius 3 is 2.39 bits per heavy atom. The van der Waals surface area contributed by atoms with E-state index < -0.39 is 17.8 Å². The SMILES string of the molecule is CCOC(=O)c1[nH]c(C)c(CN(Cc2ccc(OC)cc2)C(=O)Nc2ccccc2F)c1C. The molecule has 0 atom stereocenters. The first kappa shape index (κ1) is 23.8. The molecule has 0 radical (unpaired) electrons. The van der Waals surface area contributed by atoms with Crippen LogP contribution in [0.4, 0.5) is 14.9 Å². The molecule has 0 aliphatic heterocycles.